The van der Waals surface area contributed by atoms with Crippen molar-refractivity contribution in [1.82, 2.24) is 0 Å². The summed E-state index contributed by atoms with van der Waals surface area (Å²) in [5.74, 6) is 0.951. The number of anilines is 1. The highest BCUT2D eigenvalue weighted by atomic mass is 35.5. The molecular weight excluding hydrogens is 325 g/mol. The smallest absolute Gasteiger partial charge is 0.262 e. The number of carbonyl (C=O) groups is 1. The zero-order valence-electron chi connectivity index (χ0n) is 11.9. The third kappa shape index (κ3) is 5.13. The van der Waals surface area contributed by atoms with Crippen LogP contribution in [0.2, 0.25) is 10.0 Å². The molecule has 0 bridgehead atoms. The van der Waals surface area contributed by atoms with Crippen LogP contribution < -0.4 is 14.8 Å². The molecule has 0 atom stereocenters. The largest absolute Gasteiger partial charge is 0.494 e. The van der Waals surface area contributed by atoms with Crippen molar-refractivity contribution in [1.29, 1.82) is 0 Å². The number of rotatable bonds is 6. The van der Waals surface area contributed by atoms with E-state index in [9.17, 15) is 4.79 Å². The summed E-state index contributed by atoms with van der Waals surface area (Å²) in [6.45, 7) is 2.34. The molecule has 0 aliphatic heterocycles. The molecule has 2 aromatic rings. The molecule has 0 saturated heterocycles. The Morgan fingerprint density at radius 3 is 2.32 bits per heavy atom. The molecule has 116 valence electrons. The molecule has 22 heavy (non-hydrogen) atoms. The van der Waals surface area contributed by atoms with E-state index in [4.69, 9.17) is 32.7 Å². The van der Waals surface area contributed by atoms with Crippen LogP contribution in [0.4, 0.5) is 5.69 Å². The molecule has 0 aromatic heterocycles. The van der Waals surface area contributed by atoms with E-state index in [1.165, 1.54) is 0 Å². The van der Waals surface area contributed by atoms with Crippen molar-refractivity contribution in [3.05, 3.63) is 52.5 Å². The Bertz CT molecular complexity index is 641. The average Bonchev–Trinajstić information content (AvgIpc) is 2.45. The second-order valence-electron chi connectivity index (χ2n) is 4.40. The van der Waals surface area contributed by atoms with E-state index in [1.807, 2.05) is 13.0 Å². The summed E-state index contributed by atoms with van der Waals surface area (Å²) >= 11 is 11.7. The minimum absolute atomic E-state index is 0.125. The van der Waals surface area contributed by atoms with Gasteiger partial charge in [-0.2, -0.15) is 0 Å². The first-order valence-electron chi connectivity index (χ1n) is 6.68. The van der Waals surface area contributed by atoms with Crippen LogP contribution in [-0.2, 0) is 4.79 Å². The van der Waals surface area contributed by atoms with Crippen LogP contribution in [0.25, 0.3) is 0 Å². The summed E-state index contributed by atoms with van der Waals surface area (Å²) in [5, 5.41) is 3.57. The SMILES string of the molecule is CCOc1cccc(OCC(=O)Nc2cc(Cl)cc(Cl)c2)c1. The molecular formula is C16H15Cl2NO3. The van der Waals surface area contributed by atoms with E-state index in [1.54, 1.807) is 36.4 Å². The monoisotopic (exact) mass is 339 g/mol. The second kappa shape index (κ2) is 7.92. The topological polar surface area (TPSA) is 47.6 Å². The van der Waals surface area contributed by atoms with Gasteiger partial charge in [-0.1, -0.05) is 29.3 Å². The van der Waals surface area contributed by atoms with E-state index >= 15 is 0 Å². The molecule has 0 fully saturated rings. The van der Waals surface area contributed by atoms with Gasteiger partial charge in [0.05, 0.1) is 6.61 Å². The van der Waals surface area contributed by atoms with Gasteiger partial charge in [0.1, 0.15) is 11.5 Å². The minimum atomic E-state index is -0.305. The van der Waals surface area contributed by atoms with Gasteiger partial charge in [0, 0.05) is 21.8 Å². The Labute approximate surface area is 138 Å². The quantitative estimate of drug-likeness (QED) is 0.847. The normalized spacial score (nSPS) is 10.1. The number of benzene rings is 2. The zero-order chi connectivity index (χ0) is 15.9. The van der Waals surface area contributed by atoms with Crippen molar-refractivity contribution < 1.29 is 14.3 Å². The molecule has 0 radical (unpaired) electrons. The summed E-state index contributed by atoms with van der Waals surface area (Å²) in [5.41, 5.74) is 0.522. The number of halogens is 2. The summed E-state index contributed by atoms with van der Waals surface area (Å²) in [6.07, 6.45) is 0. The summed E-state index contributed by atoms with van der Waals surface area (Å²) in [6, 6.07) is 11.9. The van der Waals surface area contributed by atoms with E-state index < -0.39 is 0 Å². The summed E-state index contributed by atoms with van der Waals surface area (Å²) < 4.78 is 10.8. The first-order valence-corrected chi connectivity index (χ1v) is 7.44. The lowest BCUT2D eigenvalue weighted by molar-refractivity contribution is -0.118. The average molecular weight is 340 g/mol. The van der Waals surface area contributed by atoms with Gasteiger partial charge in [-0.3, -0.25) is 4.79 Å². The van der Waals surface area contributed by atoms with Gasteiger partial charge in [-0.25, -0.2) is 0 Å². The first-order chi connectivity index (χ1) is 10.6. The number of hydrogen-bond acceptors (Lipinski definition) is 3. The van der Waals surface area contributed by atoms with Crippen molar-refractivity contribution in [2.45, 2.75) is 6.92 Å². The molecule has 0 saturated carbocycles. The lowest BCUT2D eigenvalue weighted by Crippen LogP contribution is -2.20. The molecule has 1 amide bonds. The number of carbonyl (C=O) groups excluding carboxylic acids is 1. The molecule has 0 aliphatic rings. The molecule has 0 unspecified atom stereocenters. The molecule has 0 heterocycles. The van der Waals surface area contributed by atoms with Crippen molar-refractivity contribution in [3.8, 4) is 11.5 Å². The maximum absolute atomic E-state index is 11.9. The predicted molar refractivity (Wildman–Crippen MR) is 88.2 cm³/mol. The highest BCUT2D eigenvalue weighted by molar-refractivity contribution is 6.35. The number of ether oxygens (including phenoxy) is 2. The fraction of sp³-hybridized carbons (Fsp3) is 0.188. The maximum atomic E-state index is 11.9. The van der Waals surface area contributed by atoms with Crippen LogP contribution in [0.5, 0.6) is 11.5 Å². The van der Waals surface area contributed by atoms with Gasteiger partial charge in [0.15, 0.2) is 6.61 Å². The van der Waals surface area contributed by atoms with Crippen molar-refractivity contribution in [3.63, 3.8) is 0 Å². The Morgan fingerprint density at radius 2 is 1.68 bits per heavy atom. The highest BCUT2D eigenvalue weighted by Crippen LogP contribution is 2.23. The molecule has 2 rings (SSSR count). The predicted octanol–water partition coefficient (Wildman–Crippen LogP) is 4.41. The molecule has 4 nitrogen and oxygen atoms in total. The summed E-state index contributed by atoms with van der Waals surface area (Å²) in [4.78, 5) is 11.9. The molecule has 6 heteroatoms. The van der Waals surface area contributed by atoms with Crippen LogP contribution in [0.1, 0.15) is 6.92 Å². The van der Waals surface area contributed by atoms with Gasteiger partial charge in [-0.15, -0.1) is 0 Å². The van der Waals surface area contributed by atoms with E-state index in [2.05, 4.69) is 5.32 Å². The Morgan fingerprint density at radius 1 is 1.05 bits per heavy atom. The van der Waals surface area contributed by atoms with Gasteiger partial charge in [0.25, 0.3) is 5.91 Å². The third-order valence-electron chi connectivity index (χ3n) is 2.63. The lowest BCUT2D eigenvalue weighted by Gasteiger charge is -2.09. The molecule has 0 spiro atoms. The Hall–Kier alpha value is -1.91. The second-order valence-corrected chi connectivity index (χ2v) is 5.28. The standard InChI is InChI=1S/C16H15Cl2NO3/c1-2-21-14-4-3-5-15(9-14)22-10-16(20)19-13-7-11(17)6-12(18)8-13/h3-9H,2,10H2,1H3,(H,19,20). The Kier molecular flexibility index (Phi) is 5.92. The third-order valence-corrected chi connectivity index (χ3v) is 3.07. The molecule has 1 N–H and O–H groups in total. The molecule has 0 aliphatic carbocycles. The fourth-order valence-corrected chi connectivity index (χ4v) is 2.32. The van der Waals surface area contributed by atoms with E-state index in [0.29, 0.717) is 33.8 Å². The van der Waals surface area contributed by atoms with Crippen LogP contribution in [0, 0.1) is 0 Å². The van der Waals surface area contributed by atoms with Crippen LogP contribution in [0.15, 0.2) is 42.5 Å². The lowest BCUT2D eigenvalue weighted by atomic mass is 10.3. The first kappa shape index (κ1) is 16.5. The van der Waals surface area contributed by atoms with Gasteiger partial charge < -0.3 is 14.8 Å². The van der Waals surface area contributed by atoms with Gasteiger partial charge in [0.2, 0.25) is 0 Å². The van der Waals surface area contributed by atoms with Gasteiger partial charge in [-0.05, 0) is 37.3 Å². The number of hydrogen-bond donors (Lipinski definition) is 1. The van der Waals surface area contributed by atoms with Crippen LogP contribution in [-0.4, -0.2) is 19.1 Å². The summed E-state index contributed by atoms with van der Waals surface area (Å²) in [7, 11) is 0. The van der Waals surface area contributed by atoms with Crippen LogP contribution in [0.3, 0.4) is 0 Å². The van der Waals surface area contributed by atoms with Crippen molar-refractivity contribution in [2.75, 3.05) is 18.5 Å². The highest BCUT2D eigenvalue weighted by Gasteiger charge is 2.06. The number of nitrogens with one attached hydrogen (secondary N) is 1. The van der Waals surface area contributed by atoms with Crippen molar-refractivity contribution in [2.24, 2.45) is 0 Å². The van der Waals surface area contributed by atoms with Crippen molar-refractivity contribution >= 4 is 34.8 Å². The molecule has 2 aromatic carbocycles. The zero-order valence-corrected chi connectivity index (χ0v) is 13.4. The van der Waals surface area contributed by atoms with E-state index in [-0.39, 0.29) is 12.5 Å². The van der Waals surface area contributed by atoms with Gasteiger partial charge >= 0.3 is 0 Å². The minimum Gasteiger partial charge on any atom is -0.494 e. The maximum Gasteiger partial charge on any atom is 0.262 e. The number of amides is 1. The fourth-order valence-electron chi connectivity index (χ4n) is 1.79. The Balaban J connectivity index is 1.91. The van der Waals surface area contributed by atoms with Crippen LogP contribution >= 0.6 is 23.2 Å². The van der Waals surface area contributed by atoms with E-state index in [0.717, 1.165) is 0 Å².